The first kappa shape index (κ1) is 15.3. The number of carbonyl (C=O) groups excluding carboxylic acids is 1. The number of carbonyl (C=O) groups is 1. The first-order valence-corrected chi connectivity index (χ1v) is 7.20. The second-order valence-electron chi connectivity index (χ2n) is 4.58. The van der Waals surface area contributed by atoms with Crippen LogP contribution in [0, 0.1) is 6.92 Å². The van der Waals surface area contributed by atoms with Crippen LogP contribution in [0.3, 0.4) is 0 Å². The van der Waals surface area contributed by atoms with Gasteiger partial charge in [0.05, 0.1) is 11.9 Å². The van der Waals surface area contributed by atoms with Crippen LogP contribution >= 0.6 is 15.9 Å². The third-order valence-electron chi connectivity index (χ3n) is 2.82. The lowest BCUT2D eigenvalue weighted by Gasteiger charge is -2.09. The molecular weight excluding hydrogens is 334 g/mol. The molecule has 2 aromatic rings. The average molecular weight is 350 g/mol. The lowest BCUT2D eigenvalue weighted by Crippen LogP contribution is -2.19. The highest BCUT2D eigenvalue weighted by molar-refractivity contribution is 9.10. The van der Waals surface area contributed by atoms with Crippen molar-refractivity contribution in [2.75, 3.05) is 11.9 Å². The molecule has 0 aliphatic rings. The van der Waals surface area contributed by atoms with E-state index in [0.717, 1.165) is 21.4 Å². The van der Waals surface area contributed by atoms with Gasteiger partial charge >= 0.3 is 0 Å². The van der Waals surface area contributed by atoms with Gasteiger partial charge < -0.3 is 15.8 Å². The number of amides is 1. The zero-order chi connectivity index (χ0) is 15.2. The molecule has 1 aromatic carbocycles. The number of nitrogens with zero attached hydrogens (tertiary/aromatic N) is 1. The number of nitrogens with one attached hydrogen (secondary N) is 1. The van der Waals surface area contributed by atoms with Crippen LogP contribution in [0.25, 0.3) is 0 Å². The van der Waals surface area contributed by atoms with Gasteiger partial charge in [0.2, 0.25) is 0 Å². The predicted octanol–water partition coefficient (Wildman–Crippen LogP) is 2.63. The summed E-state index contributed by atoms with van der Waals surface area (Å²) in [6.45, 7) is 2.56. The molecule has 0 saturated heterocycles. The number of hydrogen-bond donors (Lipinski definition) is 2. The molecule has 0 aliphatic heterocycles. The lowest BCUT2D eigenvalue weighted by molar-refractivity contribution is -0.119. The van der Waals surface area contributed by atoms with Crippen molar-refractivity contribution in [3.63, 3.8) is 0 Å². The number of aryl methyl sites for hydroxylation is 1. The van der Waals surface area contributed by atoms with E-state index < -0.39 is 5.91 Å². The molecule has 6 heteroatoms. The van der Waals surface area contributed by atoms with Crippen LogP contribution in [0.5, 0.6) is 5.75 Å². The van der Waals surface area contributed by atoms with Crippen LogP contribution in [-0.2, 0) is 11.3 Å². The van der Waals surface area contributed by atoms with E-state index >= 15 is 0 Å². The van der Waals surface area contributed by atoms with E-state index in [2.05, 4.69) is 26.2 Å². The minimum atomic E-state index is -0.487. The van der Waals surface area contributed by atoms with Gasteiger partial charge in [-0.15, -0.1) is 0 Å². The molecule has 0 bridgehead atoms. The van der Waals surface area contributed by atoms with Gasteiger partial charge in [0, 0.05) is 6.54 Å². The number of primary amides is 1. The summed E-state index contributed by atoms with van der Waals surface area (Å²) >= 11 is 3.37. The quantitative estimate of drug-likeness (QED) is 0.786. The Bertz CT molecular complexity index is 629. The van der Waals surface area contributed by atoms with Crippen molar-refractivity contribution >= 4 is 27.5 Å². The van der Waals surface area contributed by atoms with E-state index in [1.807, 2.05) is 37.3 Å². The Morgan fingerprint density at radius 3 is 2.71 bits per heavy atom. The molecule has 0 fully saturated rings. The number of hydrogen-bond acceptors (Lipinski definition) is 4. The second-order valence-corrected chi connectivity index (χ2v) is 5.34. The standard InChI is InChI=1S/C15H16BrN3O2/c1-10-6-12(8-19-15(10)16)18-7-11-2-4-13(5-3-11)21-9-14(17)20/h2-6,8,18H,7,9H2,1H3,(H2,17,20). The number of ether oxygens (including phenoxy) is 1. The Kier molecular flexibility index (Phi) is 5.16. The van der Waals surface area contributed by atoms with Crippen LogP contribution in [-0.4, -0.2) is 17.5 Å². The molecule has 0 unspecified atom stereocenters. The molecule has 0 atom stereocenters. The van der Waals surface area contributed by atoms with Gasteiger partial charge in [-0.2, -0.15) is 0 Å². The largest absolute Gasteiger partial charge is 0.484 e. The summed E-state index contributed by atoms with van der Waals surface area (Å²) in [5.74, 6) is 0.137. The van der Waals surface area contributed by atoms with Crippen molar-refractivity contribution in [2.45, 2.75) is 13.5 Å². The van der Waals surface area contributed by atoms with E-state index in [-0.39, 0.29) is 6.61 Å². The topological polar surface area (TPSA) is 77.2 Å². The van der Waals surface area contributed by atoms with Crippen molar-refractivity contribution in [1.29, 1.82) is 0 Å². The number of benzene rings is 1. The smallest absolute Gasteiger partial charge is 0.255 e. The van der Waals surface area contributed by atoms with Gasteiger partial charge in [0.1, 0.15) is 10.4 Å². The van der Waals surface area contributed by atoms with Crippen LogP contribution < -0.4 is 15.8 Å². The second kappa shape index (κ2) is 7.08. The highest BCUT2D eigenvalue weighted by atomic mass is 79.9. The van der Waals surface area contributed by atoms with Gasteiger partial charge in [-0.1, -0.05) is 12.1 Å². The van der Waals surface area contributed by atoms with Crippen molar-refractivity contribution in [3.8, 4) is 5.75 Å². The maximum Gasteiger partial charge on any atom is 0.255 e. The molecule has 0 aliphatic carbocycles. The third-order valence-corrected chi connectivity index (χ3v) is 3.65. The molecule has 0 radical (unpaired) electrons. The normalized spacial score (nSPS) is 10.2. The summed E-state index contributed by atoms with van der Waals surface area (Å²) in [4.78, 5) is 14.9. The average Bonchev–Trinajstić information content (AvgIpc) is 2.47. The molecule has 2 rings (SSSR count). The Morgan fingerprint density at radius 1 is 1.38 bits per heavy atom. The molecule has 3 N–H and O–H groups in total. The van der Waals surface area contributed by atoms with Crippen molar-refractivity contribution < 1.29 is 9.53 Å². The Hall–Kier alpha value is -2.08. The van der Waals surface area contributed by atoms with Crippen molar-refractivity contribution in [1.82, 2.24) is 4.98 Å². The van der Waals surface area contributed by atoms with Gasteiger partial charge in [-0.05, 0) is 52.2 Å². The van der Waals surface area contributed by atoms with Gasteiger partial charge in [-0.25, -0.2) is 4.98 Å². The van der Waals surface area contributed by atoms with Crippen LogP contribution in [0.15, 0.2) is 41.1 Å². The fourth-order valence-electron chi connectivity index (χ4n) is 1.72. The van der Waals surface area contributed by atoms with Gasteiger partial charge in [-0.3, -0.25) is 4.79 Å². The summed E-state index contributed by atoms with van der Waals surface area (Å²) in [6.07, 6.45) is 1.78. The van der Waals surface area contributed by atoms with Crippen molar-refractivity contribution in [2.24, 2.45) is 5.73 Å². The Morgan fingerprint density at radius 2 is 2.10 bits per heavy atom. The molecule has 0 spiro atoms. The molecule has 21 heavy (non-hydrogen) atoms. The van der Waals surface area contributed by atoms with Crippen LogP contribution in [0.1, 0.15) is 11.1 Å². The minimum absolute atomic E-state index is 0.110. The molecule has 1 aromatic heterocycles. The monoisotopic (exact) mass is 349 g/mol. The lowest BCUT2D eigenvalue weighted by atomic mass is 10.2. The molecule has 5 nitrogen and oxygen atoms in total. The number of aromatic nitrogens is 1. The molecule has 110 valence electrons. The molecule has 1 heterocycles. The Labute approximate surface area is 131 Å². The van der Waals surface area contributed by atoms with Gasteiger partial charge in [0.15, 0.2) is 6.61 Å². The Balaban J connectivity index is 1.91. The summed E-state index contributed by atoms with van der Waals surface area (Å²) < 4.78 is 6.05. The van der Waals surface area contributed by atoms with Crippen molar-refractivity contribution in [3.05, 3.63) is 52.3 Å². The molecule has 1 amide bonds. The summed E-state index contributed by atoms with van der Waals surface area (Å²) in [7, 11) is 0. The summed E-state index contributed by atoms with van der Waals surface area (Å²) in [6, 6.07) is 9.52. The fraction of sp³-hybridized carbons (Fsp3) is 0.200. The first-order chi connectivity index (χ1) is 10.0. The van der Waals surface area contributed by atoms with E-state index in [9.17, 15) is 4.79 Å². The van der Waals surface area contributed by atoms with Gasteiger partial charge in [0.25, 0.3) is 5.91 Å². The highest BCUT2D eigenvalue weighted by Crippen LogP contribution is 2.18. The van der Waals surface area contributed by atoms with Crippen LogP contribution in [0.4, 0.5) is 5.69 Å². The number of pyridine rings is 1. The zero-order valence-electron chi connectivity index (χ0n) is 11.6. The molecular formula is C15H16BrN3O2. The maximum atomic E-state index is 10.6. The predicted molar refractivity (Wildman–Crippen MR) is 85.1 cm³/mol. The fourth-order valence-corrected chi connectivity index (χ4v) is 1.93. The van der Waals surface area contributed by atoms with Crippen LogP contribution in [0.2, 0.25) is 0 Å². The number of rotatable bonds is 6. The summed E-state index contributed by atoms with van der Waals surface area (Å²) in [5, 5.41) is 3.30. The number of nitrogens with two attached hydrogens (primary N) is 1. The third kappa shape index (κ3) is 4.75. The van der Waals surface area contributed by atoms with E-state index in [1.165, 1.54) is 0 Å². The van der Waals surface area contributed by atoms with E-state index in [4.69, 9.17) is 10.5 Å². The maximum absolute atomic E-state index is 10.6. The number of anilines is 1. The summed E-state index contributed by atoms with van der Waals surface area (Å²) in [5.41, 5.74) is 8.16. The first-order valence-electron chi connectivity index (χ1n) is 6.40. The van der Waals surface area contributed by atoms with E-state index in [0.29, 0.717) is 12.3 Å². The van der Waals surface area contributed by atoms with E-state index in [1.54, 1.807) is 6.20 Å². The number of halogens is 1. The SMILES string of the molecule is Cc1cc(NCc2ccc(OCC(N)=O)cc2)cnc1Br. The highest BCUT2D eigenvalue weighted by Gasteiger charge is 2.00. The minimum Gasteiger partial charge on any atom is -0.484 e. The zero-order valence-corrected chi connectivity index (χ0v) is 13.2. The molecule has 0 saturated carbocycles.